The SMILES string of the molecule is CN(C)Cc1nc2c(Cl)cccn2n1. The molecule has 2 aromatic heterocycles. The topological polar surface area (TPSA) is 33.4 Å². The monoisotopic (exact) mass is 210 g/mol. The van der Waals surface area contributed by atoms with E-state index in [2.05, 4.69) is 10.1 Å². The molecular weight excluding hydrogens is 200 g/mol. The normalized spacial score (nSPS) is 11.4. The number of nitrogens with zero attached hydrogens (tertiary/aromatic N) is 4. The van der Waals surface area contributed by atoms with Crippen molar-refractivity contribution in [3.63, 3.8) is 0 Å². The smallest absolute Gasteiger partial charge is 0.174 e. The maximum absolute atomic E-state index is 5.97. The average Bonchev–Trinajstić information content (AvgIpc) is 2.47. The lowest BCUT2D eigenvalue weighted by atomic mass is 10.5. The van der Waals surface area contributed by atoms with Gasteiger partial charge in [0.05, 0.1) is 11.6 Å². The molecule has 0 aliphatic rings. The van der Waals surface area contributed by atoms with Crippen LogP contribution in [0.5, 0.6) is 0 Å². The van der Waals surface area contributed by atoms with Crippen LogP contribution in [0.15, 0.2) is 18.3 Å². The largest absolute Gasteiger partial charge is 0.302 e. The molecule has 0 spiro atoms. The maximum atomic E-state index is 5.97. The van der Waals surface area contributed by atoms with E-state index in [1.54, 1.807) is 4.52 Å². The summed E-state index contributed by atoms with van der Waals surface area (Å²) in [6.07, 6.45) is 1.84. The molecule has 0 bridgehead atoms. The Morgan fingerprint density at radius 1 is 1.50 bits per heavy atom. The minimum absolute atomic E-state index is 0.630. The lowest BCUT2D eigenvalue weighted by molar-refractivity contribution is 0.390. The molecule has 0 aliphatic heterocycles. The van der Waals surface area contributed by atoms with Crippen molar-refractivity contribution in [2.75, 3.05) is 14.1 Å². The van der Waals surface area contributed by atoms with Gasteiger partial charge in [0.25, 0.3) is 0 Å². The molecule has 0 unspecified atom stereocenters. The molecule has 5 heteroatoms. The van der Waals surface area contributed by atoms with E-state index in [9.17, 15) is 0 Å². The Kier molecular flexibility index (Phi) is 2.39. The number of pyridine rings is 1. The highest BCUT2D eigenvalue weighted by molar-refractivity contribution is 6.33. The summed E-state index contributed by atoms with van der Waals surface area (Å²) >= 11 is 5.97. The zero-order valence-corrected chi connectivity index (χ0v) is 8.86. The number of aromatic nitrogens is 3. The molecular formula is C9H11ClN4. The van der Waals surface area contributed by atoms with E-state index in [-0.39, 0.29) is 0 Å². The highest BCUT2D eigenvalue weighted by Gasteiger charge is 2.06. The minimum atomic E-state index is 0.630. The molecule has 0 fully saturated rings. The number of fused-ring (bicyclic) bond motifs is 1. The molecule has 2 rings (SSSR count). The second kappa shape index (κ2) is 3.55. The molecule has 0 aliphatic carbocycles. The van der Waals surface area contributed by atoms with Crippen LogP contribution in [0.3, 0.4) is 0 Å². The fraction of sp³-hybridized carbons (Fsp3) is 0.333. The number of hydrogen-bond acceptors (Lipinski definition) is 3. The van der Waals surface area contributed by atoms with E-state index in [4.69, 9.17) is 11.6 Å². The summed E-state index contributed by atoms with van der Waals surface area (Å²) in [5, 5.41) is 4.92. The van der Waals surface area contributed by atoms with Gasteiger partial charge in [0.2, 0.25) is 0 Å². The van der Waals surface area contributed by atoms with E-state index in [1.807, 2.05) is 37.3 Å². The van der Waals surface area contributed by atoms with Crippen LogP contribution in [-0.2, 0) is 6.54 Å². The van der Waals surface area contributed by atoms with Gasteiger partial charge < -0.3 is 4.90 Å². The summed E-state index contributed by atoms with van der Waals surface area (Å²) in [6, 6.07) is 3.66. The van der Waals surface area contributed by atoms with Gasteiger partial charge in [0.1, 0.15) is 0 Å². The van der Waals surface area contributed by atoms with Crippen LogP contribution in [0.1, 0.15) is 5.82 Å². The van der Waals surface area contributed by atoms with Gasteiger partial charge >= 0.3 is 0 Å². The average molecular weight is 211 g/mol. The predicted molar refractivity (Wildman–Crippen MR) is 55.4 cm³/mol. The molecule has 4 nitrogen and oxygen atoms in total. The van der Waals surface area contributed by atoms with Crippen molar-refractivity contribution in [2.24, 2.45) is 0 Å². The minimum Gasteiger partial charge on any atom is -0.302 e. The van der Waals surface area contributed by atoms with E-state index >= 15 is 0 Å². The lowest BCUT2D eigenvalue weighted by Gasteiger charge is -2.03. The summed E-state index contributed by atoms with van der Waals surface area (Å²) < 4.78 is 1.70. The Hall–Kier alpha value is -1.13. The molecule has 74 valence electrons. The van der Waals surface area contributed by atoms with Gasteiger partial charge in [-0.05, 0) is 26.2 Å². The van der Waals surface area contributed by atoms with Gasteiger partial charge in [0, 0.05) is 6.20 Å². The van der Waals surface area contributed by atoms with Gasteiger partial charge in [-0.25, -0.2) is 9.50 Å². The van der Waals surface area contributed by atoms with Crippen molar-refractivity contribution in [1.29, 1.82) is 0 Å². The zero-order valence-electron chi connectivity index (χ0n) is 8.11. The van der Waals surface area contributed by atoms with Crippen molar-refractivity contribution in [3.05, 3.63) is 29.2 Å². The number of hydrogen-bond donors (Lipinski definition) is 0. The van der Waals surface area contributed by atoms with E-state index in [1.165, 1.54) is 0 Å². The molecule has 2 heterocycles. The van der Waals surface area contributed by atoms with Crippen LogP contribution in [0.2, 0.25) is 5.02 Å². The first-order valence-corrected chi connectivity index (χ1v) is 4.69. The molecule has 0 amide bonds. The summed E-state index contributed by atoms with van der Waals surface area (Å²) in [4.78, 5) is 6.35. The molecule has 0 aromatic carbocycles. The van der Waals surface area contributed by atoms with Crippen LogP contribution in [-0.4, -0.2) is 33.6 Å². The van der Waals surface area contributed by atoms with Crippen LogP contribution in [0.4, 0.5) is 0 Å². The lowest BCUT2D eigenvalue weighted by Crippen LogP contribution is -2.11. The summed E-state index contributed by atoms with van der Waals surface area (Å²) in [5.74, 6) is 0.781. The van der Waals surface area contributed by atoms with Crippen molar-refractivity contribution in [1.82, 2.24) is 19.5 Å². The fourth-order valence-electron chi connectivity index (χ4n) is 1.27. The van der Waals surface area contributed by atoms with Crippen molar-refractivity contribution in [2.45, 2.75) is 6.54 Å². The van der Waals surface area contributed by atoms with Crippen molar-refractivity contribution in [3.8, 4) is 0 Å². The number of halogens is 1. The first kappa shape index (κ1) is 9.43. The van der Waals surface area contributed by atoms with Crippen molar-refractivity contribution >= 4 is 17.2 Å². The van der Waals surface area contributed by atoms with Gasteiger partial charge in [0.15, 0.2) is 11.5 Å². The van der Waals surface area contributed by atoms with Gasteiger partial charge in [-0.1, -0.05) is 11.6 Å². The van der Waals surface area contributed by atoms with Crippen LogP contribution in [0.25, 0.3) is 5.65 Å². The third-order valence-corrected chi connectivity index (χ3v) is 2.11. The van der Waals surface area contributed by atoms with E-state index < -0.39 is 0 Å². The zero-order chi connectivity index (χ0) is 10.1. The Labute approximate surface area is 87.1 Å². The Morgan fingerprint density at radius 2 is 2.29 bits per heavy atom. The number of rotatable bonds is 2. The molecule has 0 saturated heterocycles. The Bertz CT molecular complexity index is 449. The van der Waals surface area contributed by atoms with E-state index in [0.717, 1.165) is 12.4 Å². The third kappa shape index (κ3) is 1.71. The first-order chi connectivity index (χ1) is 6.66. The van der Waals surface area contributed by atoms with Gasteiger partial charge in [-0.3, -0.25) is 0 Å². The molecule has 0 radical (unpaired) electrons. The maximum Gasteiger partial charge on any atom is 0.174 e. The first-order valence-electron chi connectivity index (χ1n) is 4.31. The van der Waals surface area contributed by atoms with Crippen LogP contribution >= 0.6 is 11.6 Å². The molecule has 2 aromatic rings. The fourth-order valence-corrected chi connectivity index (χ4v) is 1.47. The van der Waals surface area contributed by atoms with Gasteiger partial charge in [-0.2, -0.15) is 0 Å². The Balaban J connectivity index is 2.46. The predicted octanol–water partition coefficient (Wildman–Crippen LogP) is 1.44. The standard InChI is InChI=1S/C9H11ClN4/c1-13(2)6-8-11-9-7(10)4-3-5-14(9)12-8/h3-5H,6H2,1-2H3. The summed E-state index contributed by atoms with van der Waals surface area (Å²) in [7, 11) is 3.96. The molecule has 14 heavy (non-hydrogen) atoms. The second-order valence-corrected chi connectivity index (χ2v) is 3.80. The van der Waals surface area contributed by atoms with Gasteiger partial charge in [-0.15, -0.1) is 5.10 Å². The molecule has 0 saturated carbocycles. The highest BCUT2D eigenvalue weighted by atomic mass is 35.5. The van der Waals surface area contributed by atoms with Crippen LogP contribution in [0, 0.1) is 0 Å². The van der Waals surface area contributed by atoms with Crippen molar-refractivity contribution < 1.29 is 0 Å². The molecule has 0 atom stereocenters. The van der Waals surface area contributed by atoms with Crippen LogP contribution < -0.4 is 0 Å². The van der Waals surface area contributed by atoms with E-state index in [0.29, 0.717) is 10.7 Å². The highest BCUT2D eigenvalue weighted by Crippen LogP contribution is 2.14. The summed E-state index contributed by atoms with van der Waals surface area (Å²) in [6.45, 7) is 0.720. The Morgan fingerprint density at radius 3 is 2.93 bits per heavy atom. The third-order valence-electron chi connectivity index (χ3n) is 1.82. The summed E-state index contributed by atoms with van der Waals surface area (Å²) in [5.41, 5.74) is 0.714. The molecule has 0 N–H and O–H groups in total. The quantitative estimate of drug-likeness (QED) is 0.752. The second-order valence-electron chi connectivity index (χ2n) is 3.39.